The number of rotatable bonds is 4. The van der Waals surface area contributed by atoms with E-state index in [1.807, 2.05) is 32.9 Å². The van der Waals surface area contributed by atoms with Crippen molar-refractivity contribution in [1.82, 2.24) is 14.6 Å². The molecule has 2 heterocycles. The van der Waals surface area contributed by atoms with E-state index in [0.29, 0.717) is 6.42 Å². The molecule has 0 spiro atoms. The smallest absolute Gasteiger partial charge is 0.307 e. The van der Waals surface area contributed by atoms with Crippen molar-refractivity contribution in [3.63, 3.8) is 0 Å². The largest absolute Gasteiger partial charge is 0.447 e. The Morgan fingerprint density at radius 2 is 2.19 bits per heavy atom. The Morgan fingerprint density at radius 3 is 2.86 bits per heavy atom. The molecule has 1 atom stereocenters. The molecule has 0 amide bonds. The van der Waals surface area contributed by atoms with Crippen molar-refractivity contribution in [1.29, 1.82) is 5.26 Å². The highest BCUT2D eigenvalue weighted by Crippen LogP contribution is 2.17. The minimum absolute atomic E-state index is 0.223. The zero-order chi connectivity index (χ0) is 15.6. The van der Waals surface area contributed by atoms with E-state index in [4.69, 9.17) is 10.00 Å². The van der Waals surface area contributed by atoms with Crippen LogP contribution < -0.4 is 0 Å². The molecular weight excluding hydrogens is 268 g/mol. The Bertz CT molecular complexity index is 727. The van der Waals surface area contributed by atoms with Gasteiger partial charge in [0.25, 0.3) is 0 Å². The maximum atomic E-state index is 11.7. The number of hydrogen-bond acceptors (Lipinski definition) is 5. The van der Waals surface area contributed by atoms with Crippen molar-refractivity contribution in [2.75, 3.05) is 0 Å². The summed E-state index contributed by atoms with van der Waals surface area (Å²) in [5.41, 5.74) is 4.58. The summed E-state index contributed by atoms with van der Waals surface area (Å²) >= 11 is 0. The Balaban J connectivity index is 2.19. The molecule has 0 aliphatic heterocycles. The summed E-state index contributed by atoms with van der Waals surface area (Å²) in [7, 11) is 0. The highest BCUT2D eigenvalue weighted by molar-refractivity contribution is 5.70. The molecule has 2 rings (SSSR count). The second-order valence-electron chi connectivity index (χ2n) is 5.08. The second kappa shape index (κ2) is 5.92. The molecular formula is C15H18N4O2. The molecule has 0 saturated carbocycles. The first kappa shape index (κ1) is 15.0. The van der Waals surface area contributed by atoms with Gasteiger partial charge in [-0.2, -0.15) is 10.4 Å². The standard InChI is InChI=1S/C15H18N4O2/c1-9-7-14-17-11(3)13(12(4)19(14)18-9)5-6-15(20)21-10(2)8-16/h7,10H,5-6H2,1-4H3/t10-/m1/s1. The Kier molecular flexibility index (Phi) is 4.22. The third-order valence-corrected chi connectivity index (χ3v) is 3.36. The number of nitriles is 1. The topological polar surface area (TPSA) is 80.3 Å². The highest BCUT2D eigenvalue weighted by Gasteiger charge is 2.14. The van der Waals surface area contributed by atoms with Crippen molar-refractivity contribution in [3.8, 4) is 6.07 Å². The molecule has 2 aromatic rings. The van der Waals surface area contributed by atoms with Gasteiger partial charge in [0.05, 0.1) is 5.69 Å². The first-order chi connectivity index (χ1) is 9.92. The van der Waals surface area contributed by atoms with E-state index in [1.165, 1.54) is 0 Å². The van der Waals surface area contributed by atoms with Crippen LogP contribution >= 0.6 is 0 Å². The lowest BCUT2D eigenvalue weighted by atomic mass is 10.1. The molecule has 0 saturated heterocycles. The average molecular weight is 286 g/mol. The van der Waals surface area contributed by atoms with Gasteiger partial charge in [0.2, 0.25) is 0 Å². The molecule has 0 aliphatic carbocycles. The number of aryl methyl sites for hydroxylation is 3. The summed E-state index contributed by atoms with van der Waals surface area (Å²) < 4.78 is 6.74. The highest BCUT2D eigenvalue weighted by atomic mass is 16.5. The van der Waals surface area contributed by atoms with Crippen molar-refractivity contribution in [2.24, 2.45) is 0 Å². The van der Waals surface area contributed by atoms with Crippen LogP contribution in [0.2, 0.25) is 0 Å². The monoisotopic (exact) mass is 286 g/mol. The summed E-state index contributed by atoms with van der Waals surface area (Å²) in [5.74, 6) is -0.375. The van der Waals surface area contributed by atoms with Crippen LogP contribution in [0, 0.1) is 32.1 Å². The third-order valence-electron chi connectivity index (χ3n) is 3.36. The Morgan fingerprint density at radius 1 is 1.48 bits per heavy atom. The number of hydrogen-bond donors (Lipinski definition) is 0. The van der Waals surface area contributed by atoms with Crippen molar-refractivity contribution in [2.45, 2.75) is 46.6 Å². The normalized spacial score (nSPS) is 12.1. The second-order valence-corrected chi connectivity index (χ2v) is 5.08. The lowest BCUT2D eigenvalue weighted by Gasteiger charge is -2.11. The lowest BCUT2D eigenvalue weighted by molar-refractivity contribution is -0.145. The Labute approximate surface area is 123 Å². The minimum Gasteiger partial charge on any atom is -0.447 e. The zero-order valence-corrected chi connectivity index (χ0v) is 12.7. The van der Waals surface area contributed by atoms with Gasteiger partial charge in [-0.25, -0.2) is 9.50 Å². The summed E-state index contributed by atoms with van der Waals surface area (Å²) in [6, 6.07) is 3.80. The third kappa shape index (κ3) is 3.19. The maximum Gasteiger partial charge on any atom is 0.307 e. The fourth-order valence-corrected chi connectivity index (χ4v) is 2.31. The van der Waals surface area contributed by atoms with E-state index in [-0.39, 0.29) is 12.4 Å². The zero-order valence-electron chi connectivity index (χ0n) is 12.7. The van der Waals surface area contributed by atoms with Gasteiger partial charge in [-0.15, -0.1) is 0 Å². The molecule has 0 aliphatic rings. The number of carbonyl (C=O) groups is 1. The van der Waals surface area contributed by atoms with Crippen LogP contribution in [0.3, 0.4) is 0 Å². The number of carbonyl (C=O) groups excluding carboxylic acids is 1. The molecule has 0 fully saturated rings. The number of esters is 1. The number of nitrogens with zero attached hydrogens (tertiary/aromatic N) is 4. The molecule has 0 aromatic carbocycles. The summed E-state index contributed by atoms with van der Waals surface area (Å²) in [5, 5.41) is 13.0. The molecule has 2 aromatic heterocycles. The maximum absolute atomic E-state index is 11.7. The molecule has 0 N–H and O–H groups in total. The van der Waals surface area contributed by atoms with E-state index >= 15 is 0 Å². The van der Waals surface area contributed by atoms with E-state index < -0.39 is 6.10 Å². The van der Waals surface area contributed by atoms with Crippen LogP contribution in [-0.2, 0) is 16.0 Å². The predicted octanol–water partition coefficient (Wildman–Crippen LogP) is 2.04. The predicted molar refractivity (Wildman–Crippen MR) is 76.7 cm³/mol. The van der Waals surface area contributed by atoms with Gasteiger partial charge in [-0.1, -0.05) is 0 Å². The van der Waals surface area contributed by atoms with E-state index in [1.54, 1.807) is 11.4 Å². The van der Waals surface area contributed by atoms with Crippen LogP contribution in [0.15, 0.2) is 6.07 Å². The first-order valence-corrected chi connectivity index (χ1v) is 6.84. The lowest BCUT2D eigenvalue weighted by Crippen LogP contribution is -2.14. The van der Waals surface area contributed by atoms with E-state index in [2.05, 4.69) is 10.1 Å². The van der Waals surface area contributed by atoms with E-state index in [9.17, 15) is 4.79 Å². The SMILES string of the molecule is Cc1cc2nc(C)c(CCC(=O)O[C@H](C)C#N)c(C)n2n1. The molecule has 0 radical (unpaired) electrons. The van der Waals surface area contributed by atoms with Gasteiger partial charge >= 0.3 is 5.97 Å². The first-order valence-electron chi connectivity index (χ1n) is 6.84. The van der Waals surface area contributed by atoms with Crippen LogP contribution in [0.5, 0.6) is 0 Å². The van der Waals surface area contributed by atoms with Gasteiger partial charge in [0, 0.05) is 23.9 Å². The van der Waals surface area contributed by atoms with E-state index in [0.717, 1.165) is 28.3 Å². The quantitative estimate of drug-likeness (QED) is 0.803. The summed E-state index contributed by atoms with van der Waals surface area (Å²) in [6.07, 6.45) is 0.0338. The summed E-state index contributed by atoms with van der Waals surface area (Å²) in [4.78, 5) is 16.2. The van der Waals surface area contributed by atoms with Crippen LogP contribution in [0.1, 0.15) is 36.0 Å². The number of fused-ring (bicyclic) bond motifs is 1. The van der Waals surface area contributed by atoms with Gasteiger partial charge in [-0.05, 0) is 39.7 Å². The van der Waals surface area contributed by atoms with Gasteiger partial charge in [0.15, 0.2) is 11.8 Å². The van der Waals surface area contributed by atoms with Gasteiger partial charge < -0.3 is 4.74 Å². The number of ether oxygens (including phenoxy) is 1. The Hall–Kier alpha value is -2.42. The van der Waals surface area contributed by atoms with Gasteiger partial charge in [0.1, 0.15) is 6.07 Å². The summed E-state index contributed by atoms with van der Waals surface area (Å²) in [6.45, 7) is 7.36. The molecule has 21 heavy (non-hydrogen) atoms. The van der Waals surface area contributed by atoms with Crippen molar-refractivity contribution < 1.29 is 9.53 Å². The van der Waals surface area contributed by atoms with Crippen molar-refractivity contribution in [3.05, 3.63) is 28.7 Å². The van der Waals surface area contributed by atoms with Crippen molar-refractivity contribution >= 4 is 11.6 Å². The van der Waals surface area contributed by atoms with Crippen LogP contribution in [-0.4, -0.2) is 26.7 Å². The minimum atomic E-state index is -0.714. The van der Waals surface area contributed by atoms with Gasteiger partial charge in [-0.3, -0.25) is 4.79 Å². The fraction of sp³-hybridized carbons (Fsp3) is 0.467. The number of aromatic nitrogens is 3. The molecule has 0 unspecified atom stereocenters. The van der Waals surface area contributed by atoms with Crippen LogP contribution in [0.4, 0.5) is 0 Å². The molecule has 6 nitrogen and oxygen atoms in total. The molecule has 0 bridgehead atoms. The fourth-order valence-electron chi connectivity index (χ4n) is 2.31. The molecule has 6 heteroatoms. The van der Waals surface area contributed by atoms with Crippen LogP contribution in [0.25, 0.3) is 5.65 Å². The average Bonchev–Trinajstić information content (AvgIpc) is 2.79. The molecule has 110 valence electrons.